The third kappa shape index (κ3) is 4.48. The monoisotopic (exact) mass is 411 g/mol. The molecule has 2 atom stereocenters. The molecular formula is C19H23Cl2N3OS. The summed E-state index contributed by atoms with van der Waals surface area (Å²) in [6.07, 6.45) is 1.83. The summed E-state index contributed by atoms with van der Waals surface area (Å²) in [4.78, 5) is 7.98. The van der Waals surface area contributed by atoms with Gasteiger partial charge in [-0.3, -0.25) is 4.90 Å². The number of nitrogens with two attached hydrogens (primary N) is 1. The standard InChI is InChI=1S/C19H21N3OS.2ClH/c20-9-15-11-22(12-16(15)14-5-2-1-3-6-14)13-19-21-10-17(23-19)18-7-4-8-24-18;;/h1-8,10,15-16H,9,11-13,20H2;2*1H/t15-,16+;;/m1../s1. The van der Waals surface area contributed by atoms with Crippen LogP contribution in [0.15, 0.2) is 58.5 Å². The summed E-state index contributed by atoms with van der Waals surface area (Å²) in [5.41, 5.74) is 7.40. The van der Waals surface area contributed by atoms with E-state index in [9.17, 15) is 0 Å². The highest BCUT2D eigenvalue weighted by atomic mass is 35.5. The second-order valence-corrected chi connectivity index (χ2v) is 7.25. The molecule has 0 amide bonds. The Morgan fingerprint density at radius 1 is 1.12 bits per heavy atom. The van der Waals surface area contributed by atoms with Gasteiger partial charge in [0, 0.05) is 19.0 Å². The molecule has 0 saturated carbocycles. The van der Waals surface area contributed by atoms with Crippen LogP contribution in [0.2, 0.25) is 0 Å². The van der Waals surface area contributed by atoms with Crippen LogP contribution in [-0.4, -0.2) is 29.5 Å². The molecule has 1 aliphatic rings. The van der Waals surface area contributed by atoms with Crippen LogP contribution in [-0.2, 0) is 6.54 Å². The first kappa shape index (κ1) is 20.9. The molecule has 0 bridgehead atoms. The first-order valence-corrected chi connectivity index (χ1v) is 9.17. The summed E-state index contributed by atoms with van der Waals surface area (Å²) in [6, 6.07) is 14.8. The minimum atomic E-state index is 0. The van der Waals surface area contributed by atoms with Crippen LogP contribution in [0.25, 0.3) is 10.6 Å². The fraction of sp³-hybridized carbons (Fsp3) is 0.316. The SMILES string of the molecule is Cl.Cl.NC[C@@H]1CN(Cc2ncc(-c3cccs3)o2)C[C@H]1c1ccccc1. The smallest absolute Gasteiger partial charge is 0.209 e. The number of thiophene rings is 1. The predicted molar refractivity (Wildman–Crippen MR) is 111 cm³/mol. The van der Waals surface area contributed by atoms with E-state index in [-0.39, 0.29) is 24.8 Å². The highest BCUT2D eigenvalue weighted by molar-refractivity contribution is 7.13. The quantitative estimate of drug-likeness (QED) is 0.674. The van der Waals surface area contributed by atoms with E-state index >= 15 is 0 Å². The van der Waals surface area contributed by atoms with Gasteiger partial charge < -0.3 is 10.2 Å². The zero-order chi connectivity index (χ0) is 16.4. The topological polar surface area (TPSA) is 55.3 Å². The highest BCUT2D eigenvalue weighted by Crippen LogP contribution is 2.33. The van der Waals surface area contributed by atoms with E-state index in [2.05, 4.69) is 46.3 Å². The molecule has 2 aromatic heterocycles. The molecule has 0 unspecified atom stereocenters. The summed E-state index contributed by atoms with van der Waals surface area (Å²) < 4.78 is 5.93. The number of rotatable bonds is 5. The van der Waals surface area contributed by atoms with Gasteiger partial charge in [-0.2, -0.15) is 0 Å². The van der Waals surface area contributed by atoms with Crippen LogP contribution in [0.4, 0.5) is 0 Å². The Labute approximate surface area is 170 Å². The van der Waals surface area contributed by atoms with E-state index in [4.69, 9.17) is 10.2 Å². The lowest BCUT2D eigenvalue weighted by molar-refractivity contribution is 0.282. The Kier molecular flexibility index (Phi) is 7.68. The van der Waals surface area contributed by atoms with Crippen LogP contribution >= 0.6 is 36.2 Å². The van der Waals surface area contributed by atoms with E-state index in [0.29, 0.717) is 18.4 Å². The molecule has 1 aromatic carbocycles. The van der Waals surface area contributed by atoms with Gasteiger partial charge in [-0.15, -0.1) is 36.2 Å². The van der Waals surface area contributed by atoms with Crippen molar-refractivity contribution in [2.24, 2.45) is 11.7 Å². The summed E-state index contributed by atoms with van der Waals surface area (Å²) >= 11 is 1.67. The lowest BCUT2D eigenvalue weighted by atomic mass is 9.89. The molecule has 4 nitrogen and oxygen atoms in total. The van der Waals surface area contributed by atoms with E-state index < -0.39 is 0 Å². The van der Waals surface area contributed by atoms with E-state index in [1.807, 2.05) is 17.6 Å². The van der Waals surface area contributed by atoms with Gasteiger partial charge in [-0.1, -0.05) is 36.4 Å². The molecule has 3 aromatic rings. The van der Waals surface area contributed by atoms with Crippen LogP contribution in [0.1, 0.15) is 17.4 Å². The van der Waals surface area contributed by atoms with Gasteiger partial charge in [0.15, 0.2) is 5.76 Å². The number of oxazole rings is 1. The molecular weight excluding hydrogens is 389 g/mol. The van der Waals surface area contributed by atoms with Crippen molar-refractivity contribution in [3.8, 4) is 10.6 Å². The van der Waals surface area contributed by atoms with Crippen molar-refractivity contribution in [2.75, 3.05) is 19.6 Å². The van der Waals surface area contributed by atoms with Gasteiger partial charge in [0.05, 0.1) is 17.6 Å². The number of benzene rings is 1. The average Bonchev–Trinajstić information content (AvgIpc) is 3.36. The first-order chi connectivity index (χ1) is 11.8. The minimum absolute atomic E-state index is 0. The molecule has 4 rings (SSSR count). The predicted octanol–water partition coefficient (Wildman–Crippen LogP) is 4.42. The second-order valence-electron chi connectivity index (χ2n) is 6.30. The van der Waals surface area contributed by atoms with Gasteiger partial charge in [-0.05, 0) is 29.5 Å². The number of nitrogens with zero attached hydrogens (tertiary/aromatic N) is 2. The average molecular weight is 412 g/mol. The van der Waals surface area contributed by atoms with Gasteiger partial charge in [0.2, 0.25) is 5.89 Å². The van der Waals surface area contributed by atoms with E-state index in [1.54, 1.807) is 11.3 Å². The minimum Gasteiger partial charge on any atom is -0.438 e. The van der Waals surface area contributed by atoms with Crippen LogP contribution in [0.3, 0.4) is 0 Å². The van der Waals surface area contributed by atoms with Crippen molar-refractivity contribution in [3.63, 3.8) is 0 Å². The number of aromatic nitrogens is 1. The largest absolute Gasteiger partial charge is 0.438 e. The summed E-state index contributed by atoms with van der Waals surface area (Å²) in [5.74, 6) is 2.61. The third-order valence-corrected chi connectivity index (χ3v) is 5.61. The molecule has 26 heavy (non-hydrogen) atoms. The maximum Gasteiger partial charge on any atom is 0.209 e. The molecule has 7 heteroatoms. The summed E-state index contributed by atoms with van der Waals surface area (Å²) in [6.45, 7) is 3.45. The Morgan fingerprint density at radius 2 is 1.92 bits per heavy atom. The zero-order valence-corrected chi connectivity index (χ0v) is 16.7. The highest BCUT2D eigenvalue weighted by Gasteiger charge is 2.33. The molecule has 1 saturated heterocycles. The Bertz CT molecular complexity index is 779. The fourth-order valence-electron chi connectivity index (χ4n) is 3.51. The van der Waals surface area contributed by atoms with Crippen molar-refractivity contribution < 1.29 is 4.42 Å². The van der Waals surface area contributed by atoms with Crippen molar-refractivity contribution in [2.45, 2.75) is 12.5 Å². The summed E-state index contributed by atoms with van der Waals surface area (Å²) in [7, 11) is 0. The normalized spacial score (nSPS) is 19.7. The van der Waals surface area contributed by atoms with Gasteiger partial charge in [0.25, 0.3) is 0 Å². The van der Waals surface area contributed by atoms with E-state index in [1.165, 1.54) is 5.56 Å². The Morgan fingerprint density at radius 3 is 2.62 bits per heavy atom. The van der Waals surface area contributed by atoms with Gasteiger partial charge in [0.1, 0.15) is 0 Å². The molecule has 140 valence electrons. The van der Waals surface area contributed by atoms with E-state index in [0.717, 1.165) is 36.2 Å². The van der Waals surface area contributed by atoms with Crippen molar-refractivity contribution in [3.05, 3.63) is 65.5 Å². The second kappa shape index (κ2) is 9.53. The zero-order valence-electron chi connectivity index (χ0n) is 14.3. The van der Waals surface area contributed by atoms with Gasteiger partial charge >= 0.3 is 0 Å². The summed E-state index contributed by atoms with van der Waals surface area (Å²) in [5, 5.41) is 2.05. The Balaban J connectivity index is 0.00000121. The molecule has 0 spiro atoms. The maximum absolute atomic E-state index is 6.02. The first-order valence-electron chi connectivity index (χ1n) is 8.29. The number of likely N-dealkylation sites (tertiary alicyclic amines) is 1. The number of halogens is 2. The molecule has 0 aliphatic carbocycles. The lowest BCUT2D eigenvalue weighted by Gasteiger charge is -2.16. The molecule has 1 fully saturated rings. The molecule has 1 aliphatic heterocycles. The third-order valence-electron chi connectivity index (χ3n) is 4.72. The molecule has 2 N–H and O–H groups in total. The van der Waals surface area contributed by atoms with Crippen molar-refractivity contribution in [1.29, 1.82) is 0 Å². The van der Waals surface area contributed by atoms with Crippen molar-refractivity contribution in [1.82, 2.24) is 9.88 Å². The number of hydrogen-bond donors (Lipinski definition) is 1. The Hall–Kier alpha value is -1.37. The lowest BCUT2D eigenvalue weighted by Crippen LogP contribution is -2.23. The van der Waals surface area contributed by atoms with Crippen LogP contribution < -0.4 is 5.73 Å². The molecule has 0 radical (unpaired) electrons. The maximum atomic E-state index is 6.02. The molecule has 3 heterocycles. The van der Waals surface area contributed by atoms with Crippen molar-refractivity contribution >= 4 is 36.2 Å². The van der Waals surface area contributed by atoms with Crippen LogP contribution in [0, 0.1) is 5.92 Å². The van der Waals surface area contributed by atoms with Gasteiger partial charge in [-0.25, -0.2) is 4.98 Å². The fourth-order valence-corrected chi connectivity index (χ4v) is 4.19. The van der Waals surface area contributed by atoms with Crippen LogP contribution in [0.5, 0.6) is 0 Å². The number of hydrogen-bond acceptors (Lipinski definition) is 5.